The lowest BCUT2D eigenvalue weighted by molar-refractivity contribution is -0.129. The summed E-state index contributed by atoms with van der Waals surface area (Å²) in [5.74, 6) is 1.18. The Bertz CT molecular complexity index is 734. The van der Waals surface area contributed by atoms with Gasteiger partial charge in [0.05, 0.1) is 5.39 Å². The second-order valence-electron chi connectivity index (χ2n) is 7.63. The van der Waals surface area contributed by atoms with E-state index in [1.165, 1.54) is 10.9 Å². The number of fused-ring (bicyclic) bond motifs is 1. The molecule has 6 heteroatoms. The van der Waals surface area contributed by atoms with Crippen molar-refractivity contribution in [2.75, 3.05) is 18.0 Å². The number of hydrogen-bond acceptors (Lipinski definition) is 5. The summed E-state index contributed by atoms with van der Waals surface area (Å²) in [4.78, 5) is 24.6. The van der Waals surface area contributed by atoms with E-state index in [-0.39, 0.29) is 17.4 Å². The lowest BCUT2D eigenvalue weighted by Gasteiger charge is -2.24. The third-order valence-corrected chi connectivity index (χ3v) is 5.58. The van der Waals surface area contributed by atoms with Crippen LogP contribution in [-0.2, 0) is 4.79 Å². The van der Waals surface area contributed by atoms with E-state index in [0.29, 0.717) is 0 Å². The fourth-order valence-corrected chi connectivity index (χ4v) is 3.98. The van der Waals surface area contributed by atoms with Crippen molar-refractivity contribution in [1.29, 1.82) is 0 Å². The Hall–Kier alpha value is -1.69. The summed E-state index contributed by atoms with van der Waals surface area (Å²) in [6.07, 6.45) is 4.70. The molecule has 0 aromatic carbocycles. The first-order valence-electron chi connectivity index (χ1n) is 8.61. The van der Waals surface area contributed by atoms with Crippen molar-refractivity contribution in [2.24, 2.45) is 5.41 Å². The molecule has 3 rings (SSSR count). The minimum absolute atomic E-state index is 0.138. The third-order valence-electron chi connectivity index (χ3n) is 4.58. The lowest BCUT2D eigenvalue weighted by Crippen LogP contribution is -2.42. The molecule has 1 N–H and O–H groups in total. The van der Waals surface area contributed by atoms with E-state index in [1.54, 1.807) is 17.7 Å². The van der Waals surface area contributed by atoms with Gasteiger partial charge in [0.2, 0.25) is 5.91 Å². The van der Waals surface area contributed by atoms with Gasteiger partial charge < -0.3 is 10.2 Å². The Balaban J connectivity index is 1.74. The molecule has 0 bridgehead atoms. The van der Waals surface area contributed by atoms with Crippen molar-refractivity contribution in [3.63, 3.8) is 0 Å². The number of amides is 1. The first-order valence-corrected chi connectivity index (χ1v) is 9.49. The molecule has 1 saturated heterocycles. The molecule has 0 radical (unpaired) electrons. The maximum Gasteiger partial charge on any atom is 0.225 e. The highest BCUT2D eigenvalue weighted by molar-refractivity contribution is 7.17. The highest BCUT2D eigenvalue weighted by Gasteiger charge is 2.26. The Morgan fingerprint density at radius 3 is 2.83 bits per heavy atom. The molecule has 1 fully saturated rings. The molecule has 2 aromatic heterocycles. The number of hydrogen-bond donors (Lipinski definition) is 1. The molecular formula is C18H26N4OS. The molecule has 1 aliphatic heterocycles. The van der Waals surface area contributed by atoms with E-state index >= 15 is 0 Å². The van der Waals surface area contributed by atoms with Gasteiger partial charge in [-0.15, -0.1) is 11.3 Å². The van der Waals surface area contributed by atoms with Crippen LogP contribution in [0.3, 0.4) is 0 Å². The average Bonchev–Trinajstić information content (AvgIpc) is 2.76. The SMILES string of the molecule is Cc1csc2ncnc(N3CCCC(NC(=O)C(C)(C)C)CC3)c12. The van der Waals surface area contributed by atoms with Crippen molar-refractivity contribution in [1.82, 2.24) is 15.3 Å². The van der Waals surface area contributed by atoms with Gasteiger partial charge in [0.25, 0.3) is 0 Å². The highest BCUT2D eigenvalue weighted by atomic mass is 32.1. The minimum atomic E-state index is -0.335. The lowest BCUT2D eigenvalue weighted by atomic mass is 9.94. The summed E-state index contributed by atoms with van der Waals surface area (Å²) in [7, 11) is 0. The van der Waals surface area contributed by atoms with Gasteiger partial charge in [0, 0.05) is 24.5 Å². The van der Waals surface area contributed by atoms with Crippen LogP contribution in [0, 0.1) is 12.3 Å². The predicted molar refractivity (Wildman–Crippen MR) is 99.6 cm³/mol. The molecule has 0 aliphatic carbocycles. The van der Waals surface area contributed by atoms with Crippen LogP contribution in [0.15, 0.2) is 11.7 Å². The van der Waals surface area contributed by atoms with E-state index in [2.05, 4.69) is 32.5 Å². The Labute approximate surface area is 147 Å². The summed E-state index contributed by atoms with van der Waals surface area (Å²) in [5, 5.41) is 6.54. The van der Waals surface area contributed by atoms with Gasteiger partial charge in [-0.1, -0.05) is 20.8 Å². The van der Waals surface area contributed by atoms with Gasteiger partial charge in [-0.3, -0.25) is 4.79 Å². The number of aryl methyl sites for hydroxylation is 1. The number of aromatic nitrogens is 2. The predicted octanol–water partition coefficient (Wildman–Crippen LogP) is 3.52. The number of nitrogens with one attached hydrogen (secondary N) is 1. The largest absolute Gasteiger partial charge is 0.356 e. The topological polar surface area (TPSA) is 58.1 Å². The number of thiophene rings is 1. The van der Waals surface area contributed by atoms with E-state index < -0.39 is 0 Å². The van der Waals surface area contributed by atoms with E-state index in [0.717, 1.165) is 43.0 Å². The third kappa shape index (κ3) is 3.53. The number of rotatable bonds is 2. The van der Waals surface area contributed by atoms with E-state index in [4.69, 9.17) is 0 Å². The van der Waals surface area contributed by atoms with Gasteiger partial charge in [-0.25, -0.2) is 9.97 Å². The van der Waals surface area contributed by atoms with Crippen LogP contribution in [0.25, 0.3) is 10.2 Å². The minimum Gasteiger partial charge on any atom is -0.356 e. The molecule has 0 saturated carbocycles. The van der Waals surface area contributed by atoms with Gasteiger partial charge in [0.15, 0.2) is 0 Å². The van der Waals surface area contributed by atoms with Gasteiger partial charge in [-0.2, -0.15) is 0 Å². The zero-order valence-corrected chi connectivity index (χ0v) is 15.7. The van der Waals surface area contributed by atoms with E-state index in [9.17, 15) is 4.79 Å². The quantitative estimate of drug-likeness (QED) is 0.904. The van der Waals surface area contributed by atoms with Crippen molar-refractivity contribution in [3.05, 3.63) is 17.3 Å². The first kappa shape index (κ1) is 17.1. The summed E-state index contributed by atoms with van der Waals surface area (Å²) < 4.78 is 0. The molecule has 1 aliphatic rings. The van der Waals surface area contributed by atoms with Crippen LogP contribution in [0.4, 0.5) is 5.82 Å². The number of carbonyl (C=O) groups is 1. The summed E-state index contributed by atoms with van der Waals surface area (Å²) in [5.41, 5.74) is 0.908. The molecule has 2 aromatic rings. The van der Waals surface area contributed by atoms with Gasteiger partial charge in [-0.05, 0) is 37.1 Å². The molecule has 24 heavy (non-hydrogen) atoms. The average molecular weight is 347 g/mol. The molecule has 5 nitrogen and oxygen atoms in total. The second-order valence-corrected chi connectivity index (χ2v) is 8.49. The van der Waals surface area contributed by atoms with Crippen LogP contribution in [0.5, 0.6) is 0 Å². The van der Waals surface area contributed by atoms with Gasteiger partial charge >= 0.3 is 0 Å². The molecule has 1 unspecified atom stereocenters. The monoisotopic (exact) mass is 346 g/mol. The number of carbonyl (C=O) groups excluding carboxylic acids is 1. The Morgan fingerprint density at radius 2 is 2.08 bits per heavy atom. The van der Waals surface area contributed by atoms with Crippen LogP contribution in [-0.4, -0.2) is 35.0 Å². The molecule has 1 atom stereocenters. The van der Waals surface area contributed by atoms with Crippen LogP contribution >= 0.6 is 11.3 Å². The number of anilines is 1. The maximum atomic E-state index is 12.2. The molecular weight excluding hydrogens is 320 g/mol. The van der Waals surface area contributed by atoms with E-state index in [1.807, 2.05) is 20.8 Å². The normalized spacial score (nSPS) is 19.3. The zero-order chi connectivity index (χ0) is 17.3. The van der Waals surface area contributed by atoms with Crippen LogP contribution in [0.1, 0.15) is 45.6 Å². The van der Waals surface area contributed by atoms with Crippen LogP contribution < -0.4 is 10.2 Å². The molecule has 130 valence electrons. The highest BCUT2D eigenvalue weighted by Crippen LogP contribution is 2.31. The summed E-state index contributed by atoms with van der Waals surface area (Å²) >= 11 is 1.67. The van der Waals surface area contributed by atoms with Crippen molar-refractivity contribution in [2.45, 2.75) is 53.0 Å². The van der Waals surface area contributed by atoms with Crippen molar-refractivity contribution < 1.29 is 4.79 Å². The Morgan fingerprint density at radius 1 is 1.29 bits per heavy atom. The number of nitrogens with zero attached hydrogens (tertiary/aromatic N) is 3. The fraction of sp³-hybridized carbons (Fsp3) is 0.611. The summed E-state index contributed by atoms with van der Waals surface area (Å²) in [6, 6.07) is 0.252. The Kier molecular flexibility index (Phi) is 4.76. The van der Waals surface area contributed by atoms with Crippen molar-refractivity contribution >= 4 is 33.3 Å². The van der Waals surface area contributed by atoms with Gasteiger partial charge in [0.1, 0.15) is 17.0 Å². The maximum absolute atomic E-state index is 12.2. The zero-order valence-electron chi connectivity index (χ0n) is 14.9. The standard InChI is InChI=1S/C18H26N4OS/c1-12-10-24-16-14(12)15(19-11-20-16)22-8-5-6-13(7-9-22)21-17(23)18(2,3)4/h10-11,13H,5-9H2,1-4H3,(H,21,23). The second kappa shape index (κ2) is 6.67. The van der Waals surface area contributed by atoms with Crippen molar-refractivity contribution in [3.8, 4) is 0 Å². The van der Waals surface area contributed by atoms with Crippen LogP contribution in [0.2, 0.25) is 0 Å². The molecule has 0 spiro atoms. The fourth-order valence-electron chi connectivity index (χ4n) is 3.09. The molecule has 1 amide bonds. The smallest absolute Gasteiger partial charge is 0.225 e. The summed E-state index contributed by atoms with van der Waals surface area (Å²) in [6.45, 7) is 9.89. The first-order chi connectivity index (χ1) is 11.4. The molecule has 3 heterocycles.